The zero-order valence-electron chi connectivity index (χ0n) is 11.9. The highest BCUT2D eigenvalue weighted by atomic mass is 16.5. The Morgan fingerprint density at radius 3 is 2.80 bits per heavy atom. The van der Waals surface area contributed by atoms with Gasteiger partial charge in [0.2, 0.25) is 0 Å². The second-order valence-electron chi connectivity index (χ2n) is 5.28. The highest BCUT2D eigenvalue weighted by molar-refractivity contribution is 5.52. The van der Waals surface area contributed by atoms with E-state index in [0.717, 1.165) is 31.6 Å². The lowest BCUT2D eigenvalue weighted by Gasteiger charge is -2.19. The molecule has 0 saturated heterocycles. The van der Waals surface area contributed by atoms with Crippen LogP contribution >= 0.6 is 0 Å². The molecule has 104 valence electrons. The molecule has 0 spiro atoms. The van der Waals surface area contributed by atoms with Crippen molar-refractivity contribution in [1.29, 1.82) is 0 Å². The van der Waals surface area contributed by atoms with Crippen molar-refractivity contribution in [3.05, 3.63) is 59.7 Å². The van der Waals surface area contributed by atoms with Crippen molar-refractivity contribution < 1.29 is 4.74 Å². The molecule has 0 fully saturated rings. The van der Waals surface area contributed by atoms with E-state index in [1.54, 1.807) is 0 Å². The van der Waals surface area contributed by atoms with E-state index in [1.807, 2.05) is 6.07 Å². The van der Waals surface area contributed by atoms with Gasteiger partial charge in [-0.05, 0) is 42.5 Å². The Hall–Kier alpha value is -1.96. The van der Waals surface area contributed by atoms with Gasteiger partial charge in [0.25, 0.3) is 0 Å². The van der Waals surface area contributed by atoms with Crippen LogP contribution in [-0.4, -0.2) is 12.6 Å². The van der Waals surface area contributed by atoms with Crippen molar-refractivity contribution in [2.24, 2.45) is 0 Å². The number of para-hydroxylation sites is 2. The van der Waals surface area contributed by atoms with E-state index in [9.17, 15) is 0 Å². The molecule has 1 aliphatic rings. The van der Waals surface area contributed by atoms with E-state index < -0.39 is 0 Å². The quantitative estimate of drug-likeness (QED) is 0.905. The van der Waals surface area contributed by atoms with Gasteiger partial charge in [0, 0.05) is 5.69 Å². The lowest BCUT2D eigenvalue weighted by Crippen LogP contribution is -2.25. The van der Waals surface area contributed by atoms with Crippen LogP contribution in [0.5, 0.6) is 5.75 Å². The van der Waals surface area contributed by atoms with Crippen molar-refractivity contribution in [2.75, 3.05) is 11.9 Å². The Labute approximate surface area is 120 Å². The van der Waals surface area contributed by atoms with Gasteiger partial charge in [-0.1, -0.05) is 43.3 Å². The van der Waals surface area contributed by atoms with Gasteiger partial charge >= 0.3 is 0 Å². The minimum Gasteiger partial charge on any atom is -0.488 e. The number of ether oxygens (including phenoxy) is 1. The average molecular weight is 267 g/mol. The van der Waals surface area contributed by atoms with Gasteiger partial charge in [-0.3, -0.25) is 0 Å². The number of anilines is 1. The Kier molecular flexibility index (Phi) is 3.91. The summed E-state index contributed by atoms with van der Waals surface area (Å²) in [6.45, 7) is 3.04. The molecule has 2 aromatic carbocycles. The summed E-state index contributed by atoms with van der Waals surface area (Å²) < 4.78 is 6.23. The molecule has 0 aromatic heterocycles. The molecular formula is C18H21NO. The first-order valence-electron chi connectivity index (χ1n) is 7.43. The van der Waals surface area contributed by atoms with Crippen molar-refractivity contribution in [3.63, 3.8) is 0 Å². The fraction of sp³-hybridized carbons (Fsp3) is 0.333. The predicted molar refractivity (Wildman–Crippen MR) is 83.5 cm³/mol. The molecule has 0 amide bonds. The molecule has 2 heteroatoms. The van der Waals surface area contributed by atoms with Gasteiger partial charge in [0.1, 0.15) is 11.9 Å². The Morgan fingerprint density at radius 2 is 1.90 bits per heavy atom. The molecule has 1 heterocycles. The highest BCUT2D eigenvalue weighted by Gasteiger charge is 2.17. The maximum atomic E-state index is 6.23. The summed E-state index contributed by atoms with van der Waals surface area (Å²) in [7, 11) is 0. The fourth-order valence-corrected chi connectivity index (χ4v) is 2.74. The number of rotatable bonds is 3. The second kappa shape index (κ2) is 6.00. The molecular weight excluding hydrogens is 246 g/mol. The number of nitrogens with one attached hydrogen (secondary N) is 1. The average Bonchev–Trinajstić information content (AvgIpc) is 2.71. The number of hydrogen-bond donors (Lipinski definition) is 1. The van der Waals surface area contributed by atoms with Crippen LogP contribution in [0.1, 0.15) is 24.5 Å². The van der Waals surface area contributed by atoms with E-state index in [-0.39, 0.29) is 6.10 Å². The lowest BCUT2D eigenvalue weighted by molar-refractivity contribution is 0.204. The standard InChI is InChI=1S/C18H21NO/c1-2-14-7-4-6-10-18(14)20-16-12-11-15-8-3-5-9-17(15)19-13-16/h3-10,16,19H,2,11-13H2,1H3. The zero-order valence-corrected chi connectivity index (χ0v) is 11.9. The van der Waals surface area contributed by atoms with E-state index in [1.165, 1.54) is 16.8 Å². The summed E-state index contributed by atoms with van der Waals surface area (Å²) in [5.74, 6) is 1.03. The number of hydrogen-bond acceptors (Lipinski definition) is 2. The first-order valence-corrected chi connectivity index (χ1v) is 7.43. The summed E-state index contributed by atoms with van der Waals surface area (Å²) in [5, 5.41) is 3.51. The Bertz CT molecular complexity index is 552. The summed E-state index contributed by atoms with van der Waals surface area (Å²) in [6.07, 6.45) is 3.37. The molecule has 2 aromatic rings. The highest BCUT2D eigenvalue weighted by Crippen LogP contribution is 2.25. The maximum Gasteiger partial charge on any atom is 0.122 e. The van der Waals surface area contributed by atoms with Crippen molar-refractivity contribution in [2.45, 2.75) is 32.3 Å². The van der Waals surface area contributed by atoms with E-state index in [2.05, 4.69) is 54.7 Å². The molecule has 20 heavy (non-hydrogen) atoms. The molecule has 3 rings (SSSR count). The van der Waals surface area contributed by atoms with Gasteiger partial charge in [0.15, 0.2) is 0 Å². The SMILES string of the molecule is CCc1ccccc1OC1CCc2ccccc2NC1. The van der Waals surface area contributed by atoms with Gasteiger partial charge < -0.3 is 10.1 Å². The van der Waals surface area contributed by atoms with Crippen molar-refractivity contribution in [1.82, 2.24) is 0 Å². The Balaban J connectivity index is 1.71. The van der Waals surface area contributed by atoms with Crippen LogP contribution in [0.25, 0.3) is 0 Å². The van der Waals surface area contributed by atoms with Crippen LogP contribution in [0.3, 0.4) is 0 Å². The lowest BCUT2D eigenvalue weighted by atomic mass is 10.1. The molecule has 1 unspecified atom stereocenters. The summed E-state index contributed by atoms with van der Waals surface area (Å²) in [4.78, 5) is 0. The topological polar surface area (TPSA) is 21.3 Å². The normalized spacial score (nSPS) is 17.8. The molecule has 1 N–H and O–H groups in total. The number of aryl methyl sites for hydroxylation is 2. The zero-order chi connectivity index (χ0) is 13.8. The van der Waals surface area contributed by atoms with Crippen molar-refractivity contribution >= 4 is 5.69 Å². The monoisotopic (exact) mass is 267 g/mol. The van der Waals surface area contributed by atoms with Gasteiger partial charge in [-0.25, -0.2) is 0 Å². The van der Waals surface area contributed by atoms with E-state index in [4.69, 9.17) is 4.74 Å². The smallest absolute Gasteiger partial charge is 0.122 e. The molecule has 0 bridgehead atoms. The van der Waals surface area contributed by atoms with Crippen LogP contribution in [0.2, 0.25) is 0 Å². The minimum atomic E-state index is 0.232. The van der Waals surface area contributed by atoms with Crippen LogP contribution in [0.4, 0.5) is 5.69 Å². The van der Waals surface area contributed by atoms with E-state index >= 15 is 0 Å². The van der Waals surface area contributed by atoms with Crippen LogP contribution in [0.15, 0.2) is 48.5 Å². The molecule has 0 aliphatic carbocycles. The first kappa shape index (κ1) is 13.0. The van der Waals surface area contributed by atoms with Crippen LogP contribution < -0.4 is 10.1 Å². The summed E-state index contributed by atoms with van der Waals surface area (Å²) in [6, 6.07) is 16.9. The molecule has 0 saturated carbocycles. The molecule has 2 nitrogen and oxygen atoms in total. The predicted octanol–water partition coefficient (Wildman–Crippen LogP) is 4.05. The van der Waals surface area contributed by atoms with Gasteiger partial charge in [0.05, 0.1) is 6.54 Å². The summed E-state index contributed by atoms with van der Waals surface area (Å²) in [5.41, 5.74) is 3.93. The molecule has 1 aliphatic heterocycles. The van der Waals surface area contributed by atoms with Crippen LogP contribution in [0, 0.1) is 0 Å². The van der Waals surface area contributed by atoms with E-state index in [0.29, 0.717) is 0 Å². The van der Waals surface area contributed by atoms with Gasteiger partial charge in [-0.2, -0.15) is 0 Å². The van der Waals surface area contributed by atoms with Gasteiger partial charge in [-0.15, -0.1) is 0 Å². The third-order valence-corrected chi connectivity index (χ3v) is 3.92. The third kappa shape index (κ3) is 2.79. The minimum absolute atomic E-state index is 0.232. The fourth-order valence-electron chi connectivity index (χ4n) is 2.74. The second-order valence-corrected chi connectivity index (χ2v) is 5.28. The maximum absolute atomic E-state index is 6.23. The van der Waals surface area contributed by atoms with Crippen molar-refractivity contribution in [3.8, 4) is 5.75 Å². The third-order valence-electron chi connectivity index (χ3n) is 3.92. The largest absolute Gasteiger partial charge is 0.488 e. The first-order chi connectivity index (χ1) is 9.86. The number of fused-ring (bicyclic) bond motifs is 1. The Morgan fingerprint density at radius 1 is 1.10 bits per heavy atom. The molecule has 1 atom stereocenters. The number of benzene rings is 2. The summed E-state index contributed by atoms with van der Waals surface area (Å²) >= 11 is 0. The molecule has 0 radical (unpaired) electrons. The van der Waals surface area contributed by atoms with Crippen LogP contribution in [-0.2, 0) is 12.8 Å².